The average molecular weight is 395 g/mol. The third-order valence-electron chi connectivity index (χ3n) is 5.45. The number of hydrogen-bond acceptors (Lipinski definition) is 5. The first-order valence-corrected chi connectivity index (χ1v) is 9.79. The zero-order valence-corrected chi connectivity index (χ0v) is 16.7. The summed E-state index contributed by atoms with van der Waals surface area (Å²) in [5, 5.41) is 0. The van der Waals surface area contributed by atoms with Crippen molar-refractivity contribution in [2.75, 3.05) is 49.6 Å². The van der Waals surface area contributed by atoms with Gasteiger partial charge in [-0.15, -0.1) is 0 Å². The van der Waals surface area contributed by atoms with E-state index in [2.05, 4.69) is 4.90 Å². The summed E-state index contributed by atoms with van der Waals surface area (Å²) < 4.78 is 11.4. The van der Waals surface area contributed by atoms with Gasteiger partial charge in [0.1, 0.15) is 11.5 Å². The number of fused-ring (bicyclic) bond motifs is 1. The van der Waals surface area contributed by atoms with Crippen LogP contribution in [0.25, 0.3) is 0 Å². The molecule has 0 aliphatic carbocycles. The van der Waals surface area contributed by atoms with Crippen LogP contribution in [-0.2, 0) is 9.59 Å². The maximum atomic E-state index is 13.1. The molecule has 4 rings (SSSR count). The minimum Gasteiger partial charge on any atom is -0.495 e. The van der Waals surface area contributed by atoms with Gasteiger partial charge in [-0.25, -0.2) is 0 Å². The Morgan fingerprint density at radius 1 is 0.966 bits per heavy atom. The van der Waals surface area contributed by atoms with Crippen LogP contribution in [0.1, 0.15) is 6.92 Å². The molecule has 1 fully saturated rings. The molecule has 0 N–H and O–H groups in total. The minimum absolute atomic E-state index is 0.0783. The van der Waals surface area contributed by atoms with E-state index in [1.165, 1.54) is 6.92 Å². The number of carbonyl (C=O) groups is 2. The van der Waals surface area contributed by atoms with Crippen LogP contribution in [0, 0.1) is 0 Å². The van der Waals surface area contributed by atoms with Gasteiger partial charge in [0, 0.05) is 33.1 Å². The molecule has 2 aliphatic rings. The summed E-state index contributed by atoms with van der Waals surface area (Å²) in [6, 6.07) is 15.2. The SMILES string of the molecule is COc1ccccc1N1CCN(C(=O)[C@H]2CN(C(C)=O)c3ccccc3O2)CC1. The smallest absolute Gasteiger partial charge is 0.265 e. The highest BCUT2D eigenvalue weighted by Crippen LogP contribution is 2.34. The number of amides is 2. The van der Waals surface area contributed by atoms with Crippen molar-refractivity contribution in [1.29, 1.82) is 0 Å². The molecule has 2 aromatic rings. The number of hydrogen-bond donors (Lipinski definition) is 0. The highest BCUT2D eigenvalue weighted by Gasteiger charge is 2.36. The predicted molar refractivity (Wildman–Crippen MR) is 111 cm³/mol. The van der Waals surface area contributed by atoms with E-state index in [1.807, 2.05) is 47.4 Å². The predicted octanol–water partition coefficient (Wildman–Crippen LogP) is 2.16. The molecule has 0 bridgehead atoms. The first-order chi connectivity index (χ1) is 14.1. The molecular weight excluding hydrogens is 370 g/mol. The average Bonchev–Trinajstić information content (AvgIpc) is 2.77. The Morgan fingerprint density at radius 3 is 2.31 bits per heavy atom. The van der Waals surface area contributed by atoms with Crippen LogP contribution in [-0.4, -0.2) is 62.7 Å². The van der Waals surface area contributed by atoms with Gasteiger partial charge in [0.05, 0.1) is 25.0 Å². The lowest BCUT2D eigenvalue weighted by molar-refractivity contribution is -0.139. The van der Waals surface area contributed by atoms with Crippen LogP contribution in [0.4, 0.5) is 11.4 Å². The highest BCUT2D eigenvalue weighted by atomic mass is 16.5. The molecule has 2 heterocycles. The van der Waals surface area contributed by atoms with Gasteiger partial charge in [0.15, 0.2) is 6.10 Å². The number of methoxy groups -OCH3 is 1. The molecule has 0 spiro atoms. The number of anilines is 2. The molecule has 1 saturated heterocycles. The van der Waals surface area contributed by atoms with Crippen molar-refractivity contribution in [2.24, 2.45) is 0 Å². The van der Waals surface area contributed by atoms with E-state index >= 15 is 0 Å². The van der Waals surface area contributed by atoms with Crippen LogP contribution in [0.3, 0.4) is 0 Å². The van der Waals surface area contributed by atoms with Crippen LogP contribution in [0.2, 0.25) is 0 Å². The van der Waals surface area contributed by atoms with E-state index in [4.69, 9.17) is 9.47 Å². The van der Waals surface area contributed by atoms with Crippen LogP contribution in [0.15, 0.2) is 48.5 Å². The molecule has 0 saturated carbocycles. The summed E-state index contributed by atoms with van der Waals surface area (Å²) >= 11 is 0. The van der Waals surface area contributed by atoms with E-state index in [1.54, 1.807) is 18.1 Å². The van der Waals surface area contributed by atoms with Crippen molar-refractivity contribution in [3.8, 4) is 11.5 Å². The number of para-hydroxylation sites is 4. The Kier molecular flexibility index (Phi) is 5.29. The van der Waals surface area contributed by atoms with E-state index in [-0.39, 0.29) is 18.4 Å². The van der Waals surface area contributed by atoms with E-state index in [0.29, 0.717) is 37.6 Å². The molecule has 7 nitrogen and oxygen atoms in total. The summed E-state index contributed by atoms with van der Waals surface area (Å²) in [4.78, 5) is 30.9. The minimum atomic E-state index is -0.688. The van der Waals surface area contributed by atoms with Gasteiger partial charge >= 0.3 is 0 Å². The molecule has 2 amide bonds. The zero-order chi connectivity index (χ0) is 20.4. The second-order valence-electron chi connectivity index (χ2n) is 7.19. The normalized spacial score (nSPS) is 18.7. The van der Waals surface area contributed by atoms with Crippen molar-refractivity contribution < 1.29 is 19.1 Å². The first kappa shape index (κ1) is 19.1. The molecule has 152 valence electrons. The van der Waals surface area contributed by atoms with Crippen molar-refractivity contribution in [2.45, 2.75) is 13.0 Å². The fraction of sp³-hybridized carbons (Fsp3) is 0.364. The quantitative estimate of drug-likeness (QED) is 0.797. The molecule has 0 aromatic heterocycles. The Labute approximate surface area is 170 Å². The van der Waals surface area contributed by atoms with Crippen LogP contribution in [0.5, 0.6) is 11.5 Å². The van der Waals surface area contributed by atoms with E-state index < -0.39 is 6.10 Å². The Balaban J connectivity index is 1.44. The molecule has 7 heteroatoms. The van der Waals surface area contributed by atoms with Crippen molar-refractivity contribution >= 4 is 23.2 Å². The number of nitrogens with zero attached hydrogens (tertiary/aromatic N) is 3. The molecule has 29 heavy (non-hydrogen) atoms. The Hall–Kier alpha value is -3.22. The van der Waals surface area contributed by atoms with Gasteiger partial charge in [0.25, 0.3) is 5.91 Å². The number of rotatable bonds is 3. The number of piperazine rings is 1. The fourth-order valence-corrected chi connectivity index (χ4v) is 3.92. The van der Waals surface area contributed by atoms with Gasteiger partial charge in [-0.05, 0) is 24.3 Å². The van der Waals surface area contributed by atoms with Crippen molar-refractivity contribution in [1.82, 2.24) is 4.90 Å². The zero-order valence-electron chi connectivity index (χ0n) is 16.7. The number of ether oxygens (including phenoxy) is 2. The standard InChI is InChI=1S/C22H25N3O4/c1-16(26)25-15-21(29-20-10-6-4-8-18(20)25)22(27)24-13-11-23(12-14-24)17-7-3-5-9-19(17)28-2/h3-10,21H,11-15H2,1-2H3/t21-/m1/s1. The maximum absolute atomic E-state index is 13.1. The monoisotopic (exact) mass is 395 g/mol. The highest BCUT2D eigenvalue weighted by molar-refractivity contribution is 5.96. The van der Waals surface area contributed by atoms with Gasteiger partial charge in [-0.3, -0.25) is 9.59 Å². The third kappa shape index (κ3) is 3.72. The number of benzene rings is 2. The van der Waals surface area contributed by atoms with Gasteiger partial charge in [-0.2, -0.15) is 0 Å². The molecule has 1 atom stereocenters. The molecule has 0 unspecified atom stereocenters. The second kappa shape index (κ2) is 8.03. The molecule has 2 aliphatic heterocycles. The Bertz CT molecular complexity index is 908. The summed E-state index contributed by atoms with van der Waals surface area (Å²) in [6.07, 6.45) is -0.688. The number of carbonyl (C=O) groups excluding carboxylic acids is 2. The van der Waals surface area contributed by atoms with Crippen molar-refractivity contribution in [3.63, 3.8) is 0 Å². The molecule has 0 radical (unpaired) electrons. The lowest BCUT2D eigenvalue weighted by Crippen LogP contribution is -2.56. The third-order valence-corrected chi connectivity index (χ3v) is 5.45. The Morgan fingerprint density at radius 2 is 1.62 bits per heavy atom. The second-order valence-corrected chi connectivity index (χ2v) is 7.19. The van der Waals surface area contributed by atoms with E-state index in [9.17, 15) is 9.59 Å². The van der Waals surface area contributed by atoms with Crippen LogP contribution >= 0.6 is 0 Å². The summed E-state index contributed by atoms with van der Waals surface area (Å²) in [7, 11) is 1.66. The molecular formula is C22H25N3O4. The van der Waals surface area contributed by atoms with Crippen LogP contribution < -0.4 is 19.3 Å². The first-order valence-electron chi connectivity index (χ1n) is 9.79. The van der Waals surface area contributed by atoms with Gasteiger partial charge in [0.2, 0.25) is 5.91 Å². The maximum Gasteiger partial charge on any atom is 0.265 e. The lowest BCUT2D eigenvalue weighted by Gasteiger charge is -2.40. The van der Waals surface area contributed by atoms with Gasteiger partial charge in [-0.1, -0.05) is 24.3 Å². The summed E-state index contributed by atoms with van der Waals surface area (Å²) in [5.74, 6) is 1.22. The topological polar surface area (TPSA) is 62.3 Å². The lowest BCUT2D eigenvalue weighted by atomic mass is 10.1. The largest absolute Gasteiger partial charge is 0.495 e. The summed E-state index contributed by atoms with van der Waals surface area (Å²) in [6.45, 7) is 4.36. The van der Waals surface area contributed by atoms with Gasteiger partial charge < -0.3 is 24.2 Å². The summed E-state index contributed by atoms with van der Waals surface area (Å²) in [5.41, 5.74) is 1.75. The fourth-order valence-electron chi connectivity index (χ4n) is 3.92. The van der Waals surface area contributed by atoms with Crippen molar-refractivity contribution in [3.05, 3.63) is 48.5 Å². The molecule has 2 aromatic carbocycles. The van der Waals surface area contributed by atoms with E-state index in [0.717, 1.165) is 11.4 Å².